The van der Waals surface area contributed by atoms with Gasteiger partial charge in [0.05, 0.1) is 0 Å². The van der Waals surface area contributed by atoms with Crippen LogP contribution in [0.1, 0.15) is 25.7 Å². The van der Waals surface area contributed by atoms with Gasteiger partial charge in [0, 0.05) is 0 Å². The second kappa shape index (κ2) is 38.0. The van der Waals surface area contributed by atoms with Gasteiger partial charge >= 0.3 is 19.5 Å². The van der Waals surface area contributed by atoms with E-state index in [2.05, 4.69) is 44.7 Å². The van der Waals surface area contributed by atoms with Gasteiger partial charge in [-0.15, -0.1) is 0 Å². The van der Waals surface area contributed by atoms with E-state index in [0.717, 1.165) is 12.8 Å². The average molecular weight is 295 g/mol. The van der Waals surface area contributed by atoms with E-state index < -0.39 is 0 Å². The molecule has 0 aromatic carbocycles. The van der Waals surface area contributed by atoms with Gasteiger partial charge < -0.3 is 20.5 Å². The van der Waals surface area contributed by atoms with Crippen molar-refractivity contribution >= 4 is 20.4 Å². The number of carbonyl (C=O) groups excluding carboxylic acids is 3. The average Bonchev–Trinajstić information content (AvgIpc) is 2.26. The fraction of sp³-hybridized carbons (Fsp3) is 0.364. The summed E-state index contributed by atoms with van der Waals surface area (Å²) in [5, 5.41) is 0. The topological polar surface area (TPSA) is 51.2 Å². The number of rotatable bonds is 0. The molecular formula is C11H14O3Ru. The fourth-order valence-corrected chi connectivity index (χ4v) is 0.789. The molecule has 0 unspecified atom stereocenters. The summed E-state index contributed by atoms with van der Waals surface area (Å²) in [6.45, 7) is 9.75. The minimum atomic E-state index is 0. The number of hydrogen-bond donors (Lipinski definition) is 0. The molecule has 1 rings (SSSR count). The molecule has 1 aliphatic carbocycles. The van der Waals surface area contributed by atoms with E-state index in [1.165, 1.54) is 12.8 Å². The first kappa shape index (κ1) is 23.7. The maximum atomic E-state index is 7.75. The van der Waals surface area contributed by atoms with E-state index in [9.17, 15) is 0 Å². The van der Waals surface area contributed by atoms with Gasteiger partial charge in [-0.25, -0.2) is 0 Å². The summed E-state index contributed by atoms with van der Waals surface area (Å²) in [4.78, 5) is 23.2. The predicted molar refractivity (Wildman–Crippen MR) is 55.7 cm³/mol. The standard InChI is InChI=1S/C8H11.3CHO.Ru/c1-2-4-6-8-7-5-3-1;3*1-2;/h1-2,5H,3-4,6,8H2;3*1H;/q4*-1;+4. The van der Waals surface area contributed by atoms with Gasteiger partial charge in [-0.2, -0.15) is 6.42 Å². The normalized spacial score (nSPS) is 11.5. The Kier molecular flexibility index (Phi) is 60.2. The molecule has 15 heavy (non-hydrogen) atoms. The van der Waals surface area contributed by atoms with Crippen molar-refractivity contribution in [1.29, 1.82) is 0 Å². The van der Waals surface area contributed by atoms with Gasteiger partial charge in [0.25, 0.3) is 0 Å². The summed E-state index contributed by atoms with van der Waals surface area (Å²) in [6.07, 6.45) is 14.5. The molecule has 1 aliphatic rings. The smallest absolute Gasteiger partial charge is 0.545 e. The third-order valence-electron chi connectivity index (χ3n) is 1.26. The van der Waals surface area contributed by atoms with Crippen molar-refractivity contribution in [3.8, 4) is 0 Å². The van der Waals surface area contributed by atoms with E-state index in [0.29, 0.717) is 0 Å². The van der Waals surface area contributed by atoms with Gasteiger partial charge in [-0.05, 0) is 12.8 Å². The van der Waals surface area contributed by atoms with Crippen LogP contribution in [0.5, 0.6) is 0 Å². The van der Waals surface area contributed by atoms with Gasteiger partial charge in [0.2, 0.25) is 0 Å². The zero-order valence-corrected chi connectivity index (χ0v) is 10.1. The van der Waals surface area contributed by atoms with Crippen LogP contribution in [0.2, 0.25) is 0 Å². The Hall–Kier alpha value is -0.887. The molecule has 0 aromatic rings. The summed E-state index contributed by atoms with van der Waals surface area (Å²) in [5.41, 5.74) is 0. The van der Waals surface area contributed by atoms with Crippen LogP contribution in [0.3, 0.4) is 0 Å². The third kappa shape index (κ3) is 32.0. The molecular weight excluding hydrogens is 281 g/mol. The van der Waals surface area contributed by atoms with Gasteiger partial charge in [-0.1, -0.05) is 18.6 Å². The van der Waals surface area contributed by atoms with Crippen molar-refractivity contribution in [2.75, 3.05) is 0 Å². The van der Waals surface area contributed by atoms with E-state index in [1.54, 1.807) is 0 Å². The summed E-state index contributed by atoms with van der Waals surface area (Å²) in [7, 11) is 0. The van der Waals surface area contributed by atoms with Crippen LogP contribution in [0.4, 0.5) is 0 Å². The molecule has 0 saturated carbocycles. The van der Waals surface area contributed by atoms with Gasteiger partial charge in [0.1, 0.15) is 0 Å². The summed E-state index contributed by atoms with van der Waals surface area (Å²) in [6, 6.07) is 0. The van der Waals surface area contributed by atoms with Crippen LogP contribution in [0, 0.1) is 6.08 Å². The Morgan fingerprint density at radius 1 is 0.933 bits per heavy atom. The molecule has 0 bridgehead atoms. The molecule has 0 fully saturated rings. The van der Waals surface area contributed by atoms with Crippen LogP contribution in [0.25, 0.3) is 0 Å². The van der Waals surface area contributed by atoms with Crippen molar-refractivity contribution in [3.05, 3.63) is 24.3 Å². The molecule has 0 heterocycles. The van der Waals surface area contributed by atoms with Crippen molar-refractivity contribution in [1.82, 2.24) is 0 Å². The van der Waals surface area contributed by atoms with Crippen LogP contribution in [0.15, 0.2) is 18.2 Å². The SMILES string of the molecule is [C-]1=CCC=CCCC1.[CH-]=O.[CH-]=O.[CH-]=O.[Ru+4]. The van der Waals surface area contributed by atoms with E-state index >= 15 is 0 Å². The Labute approximate surface area is 104 Å². The predicted octanol–water partition coefficient (Wildman–Crippen LogP) is 1.65. The molecule has 0 saturated heterocycles. The zero-order valence-electron chi connectivity index (χ0n) is 8.37. The Morgan fingerprint density at radius 2 is 1.47 bits per heavy atom. The first-order valence-electron chi connectivity index (χ1n) is 3.91. The van der Waals surface area contributed by atoms with Crippen molar-refractivity contribution in [2.45, 2.75) is 25.7 Å². The maximum Gasteiger partial charge on any atom is 4.00 e. The van der Waals surface area contributed by atoms with E-state index in [-0.39, 0.29) is 19.5 Å². The Bertz CT molecular complexity index is 130. The molecule has 0 aliphatic heterocycles. The number of hydrogen-bond acceptors (Lipinski definition) is 3. The van der Waals surface area contributed by atoms with E-state index in [4.69, 9.17) is 14.4 Å². The monoisotopic (exact) mass is 296 g/mol. The summed E-state index contributed by atoms with van der Waals surface area (Å²) < 4.78 is 0. The minimum Gasteiger partial charge on any atom is -0.545 e. The maximum absolute atomic E-state index is 7.75. The zero-order chi connectivity index (χ0) is 11.7. The molecule has 3 nitrogen and oxygen atoms in total. The largest absolute Gasteiger partial charge is 4.00 e. The quantitative estimate of drug-likeness (QED) is 0.295. The van der Waals surface area contributed by atoms with Crippen molar-refractivity contribution in [3.63, 3.8) is 0 Å². The Morgan fingerprint density at radius 3 is 2.00 bits per heavy atom. The van der Waals surface area contributed by atoms with Gasteiger partial charge in [-0.3, -0.25) is 26.4 Å². The molecule has 84 valence electrons. The van der Waals surface area contributed by atoms with Crippen LogP contribution in [-0.2, 0) is 33.9 Å². The second-order valence-corrected chi connectivity index (χ2v) is 2.01. The minimum absolute atomic E-state index is 0. The first-order valence-corrected chi connectivity index (χ1v) is 3.91. The molecule has 0 spiro atoms. The van der Waals surface area contributed by atoms with Crippen LogP contribution >= 0.6 is 0 Å². The van der Waals surface area contributed by atoms with Gasteiger partial charge in [0.15, 0.2) is 0 Å². The van der Waals surface area contributed by atoms with Crippen LogP contribution < -0.4 is 0 Å². The molecule has 0 N–H and O–H groups in total. The Balaban J connectivity index is -0.0000000755. The molecule has 4 heteroatoms. The molecule has 0 amide bonds. The first-order chi connectivity index (χ1) is 7.00. The molecule has 0 radical (unpaired) electrons. The van der Waals surface area contributed by atoms with Crippen molar-refractivity contribution in [2.24, 2.45) is 0 Å². The second-order valence-electron chi connectivity index (χ2n) is 2.01. The molecule has 0 aromatic heterocycles. The number of allylic oxidation sites excluding steroid dienone is 4. The van der Waals surface area contributed by atoms with Crippen LogP contribution in [-0.4, -0.2) is 20.4 Å². The third-order valence-corrected chi connectivity index (χ3v) is 1.26. The fourth-order valence-electron chi connectivity index (χ4n) is 0.789. The van der Waals surface area contributed by atoms with Crippen molar-refractivity contribution < 1.29 is 33.9 Å². The summed E-state index contributed by atoms with van der Waals surface area (Å²) in [5.74, 6) is 0. The summed E-state index contributed by atoms with van der Waals surface area (Å²) >= 11 is 0. The van der Waals surface area contributed by atoms with E-state index in [1.807, 2.05) is 0 Å². The molecule has 0 atom stereocenters.